The van der Waals surface area contributed by atoms with Crippen molar-refractivity contribution in [2.24, 2.45) is 0 Å². The summed E-state index contributed by atoms with van der Waals surface area (Å²) < 4.78 is 54.3. The molecule has 0 spiro atoms. The van der Waals surface area contributed by atoms with Gasteiger partial charge in [0.2, 0.25) is 0 Å². The number of ketones is 1. The van der Waals surface area contributed by atoms with Gasteiger partial charge in [0, 0.05) is 33.8 Å². The lowest BCUT2D eigenvalue weighted by atomic mass is 9.93. The molecule has 1 fully saturated rings. The maximum Gasteiger partial charge on any atom is 0.454 e. The van der Waals surface area contributed by atoms with Gasteiger partial charge in [-0.15, -0.1) is 11.3 Å². The number of benzene rings is 3. The number of fused-ring (bicyclic) bond motifs is 1. The first-order valence-electron chi connectivity index (χ1n) is 12.6. The van der Waals surface area contributed by atoms with Gasteiger partial charge in [0.1, 0.15) is 10.7 Å². The van der Waals surface area contributed by atoms with Crippen LogP contribution >= 0.6 is 22.9 Å². The summed E-state index contributed by atoms with van der Waals surface area (Å²) in [6.45, 7) is 0.0262. The van der Waals surface area contributed by atoms with Crippen molar-refractivity contribution in [3.8, 4) is 11.1 Å². The van der Waals surface area contributed by atoms with Crippen LogP contribution in [0.5, 0.6) is 0 Å². The number of amides is 1. The van der Waals surface area contributed by atoms with Crippen molar-refractivity contribution in [1.29, 1.82) is 0 Å². The molecule has 0 bridgehead atoms. The van der Waals surface area contributed by atoms with Gasteiger partial charge in [-0.25, -0.2) is 4.39 Å². The van der Waals surface area contributed by atoms with E-state index >= 15 is 4.39 Å². The van der Waals surface area contributed by atoms with Crippen LogP contribution in [-0.4, -0.2) is 28.8 Å². The molecule has 0 radical (unpaired) electrons. The number of halogens is 5. The summed E-state index contributed by atoms with van der Waals surface area (Å²) in [6, 6.07) is 16.9. The Hall–Kier alpha value is -3.23. The molecule has 1 amide bonds. The van der Waals surface area contributed by atoms with Crippen molar-refractivity contribution >= 4 is 44.7 Å². The van der Waals surface area contributed by atoms with Crippen LogP contribution in [-0.2, 0) is 6.54 Å². The number of carbonyl (C=O) groups excluding carboxylic acids is 2. The third kappa shape index (κ3) is 5.72. The Balaban J connectivity index is 1.47. The fourth-order valence-electron chi connectivity index (χ4n) is 5.08. The highest BCUT2D eigenvalue weighted by atomic mass is 35.5. The summed E-state index contributed by atoms with van der Waals surface area (Å²) in [6.07, 6.45) is -0.315. The second-order valence-corrected chi connectivity index (χ2v) is 11.1. The number of thiophene rings is 1. The predicted octanol–water partition coefficient (Wildman–Crippen LogP) is 9.08. The first kappa shape index (κ1) is 27.3. The lowest BCUT2D eigenvalue weighted by Crippen LogP contribution is -2.41. The summed E-state index contributed by atoms with van der Waals surface area (Å²) in [4.78, 5) is 27.6. The Morgan fingerprint density at radius 3 is 2.26 bits per heavy atom. The van der Waals surface area contributed by atoms with E-state index in [4.69, 9.17) is 11.6 Å². The molecule has 1 saturated carbocycles. The van der Waals surface area contributed by atoms with E-state index in [1.807, 2.05) is 24.3 Å². The summed E-state index contributed by atoms with van der Waals surface area (Å²) in [5.41, 5.74) is 0.911. The molecule has 3 aromatic carbocycles. The summed E-state index contributed by atoms with van der Waals surface area (Å²) in [5, 5.41) is 1.20. The van der Waals surface area contributed by atoms with E-state index in [2.05, 4.69) is 0 Å². The maximum atomic E-state index is 15.1. The molecule has 1 aliphatic rings. The molecule has 202 valence electrons. The van der Waals surface area contributed by atoms with Gasteiger partial charge >= 0.3 is 6.18 Å². The van der Waals surface area contributed by atoms with Gasteiger partial charge < -0.3 is 4.90 Å². The predicted molar refractivity (Wildman–Crippen MR) is 146 cm³/mol. The van der Waals surface area contributed by atoms with Crippen LogP contribution in [0.3, 0.4) is 0 Å². The lowest BCUT2D eigenvalue weighted by molar-refractivity contribution is -0.0885. The molecule has 0 saturated heterocycles. The summed E-state index contributed by atoms with van der Waals surface area (Å²) >= 11 is 7.95. The third-order valence-electron chi connectivity index (χ3n) is 7.13. The minimum atomic E-state index is -4.96. The molecular formula is C30H24ClF4NO2S. The second-order valence-electron chi connectivity index (χ2n) is 9.68. The standard InChI is InChI=1S/C30H24ClF4NO2S/c31-26-23-8-4-5-9-25(23)39-27(26)29(38)36(22-6-2-1-3-7-22)17-21-16-20(14-15-24(21)32)18-10-12-19(13-11-18)28(37)30(33,34)35/h4-5,8-16,22H,1-3,6-7,17H2. The largest absolute Gasteiger partial charge is 0.454 e. The third-order valence-corrected chi connectivity index (χ3v) is 8.79. The van der Waals surface area contributed by atoms with E-state index in [-0.39, 0.29) is 18.5 Å². The van der Waals surface area contributed by atoms with Gasteiger partial charge in [0.05, 0.1) is 5.02 Å². The van der Waals surface area contributed by atoms with Crippen LogP contribution in [0.2, 0.25) is 5.02 Å². The van der Waals surface area contributed by atoms with Gasteiger partial charge in [-0.2, -0.15) is 13.2 Å². The molecule has 1 aromatic heterocycles. The van der Waals surface area contributed by atoms with Crippen LogP contribution in [0.25, 0.3) is 21.2 Å². The molecule has 4 aromatic rings. The molecule has 5 rings (SSSR count). The molecular weight excluding hydrogens is 550 g/mol. The van der Waals surface area contributed by atoms with Crippen LogP contribution in [0, 0.1) is 5.82 Å². The smallest absolute Gasteiger partial charge is 0.330 e. The highest BCUT2D eigenvalue weighted by Gasteiger charge is 2.39. The maximum absolute atomic E-state index is 15.1. The van der Waals surface area contributed by atoms with E-state index in [1.54, 1.807) is 11.0 Å². The Bertz CT molecular complexity index is 1520. The average molecular weight is 574 g/mol. The topological polar surface area (TPSA) is 37.4 Å². The van der Waals surface area contributed by atoms with Crippen molar-refractivity contribution in [2.45, 2.75) is 50.9 Å². The van der Waals surface area contributed by atoms with E-state index in [0.717, 1.165) is 54.3 Å². The Kier molecular flexibility index (Phi) is 7.78. The number of hydrogen-bond donors (Lipinski definition) is 0. The molecule has 1 aliphatic carbocycles. The molecule has 0 aliphatic heterocycles. The van der Waals surface area contributed by atoms with Gasteiger partial charge in [-0.05, 0) is 42.2 Å². The number of alkyl halides is 3. The first-order chi connectivity index (χ1) is 18.6. The van der Waals surface area contributed by atoms with Crippen molar-refractivity contribution in [3.63, 3.8) is 0 Å². The Labute approximate surface area is 232 Å². The molecule has 0 atom stereocenters. The Morgan fingerprint density at radius 1 is 0.923 bits per heavy atom. The zero-order valence-corrected chi connectivity index (χ0v) is 22.3. The minimum Gasteiger partial charge on any atom is -0.330 e. The van der Waals surface area contributed by atoms with E-state index < -0.39 is 23.3 Å². The van der Waals surface area contributed by atoms with Crippen molar-refractivity contribution in [1.82, 2.24) is 4.90 Å². The Morgan fingerprint density at radius 2 is 1.59 bits per heavy atom. The van der Waals surface area contributed by atoms with Crippen LogP contribution in [0.4, 0.5) is 17.6 Å². The van der Waals surface area contributed by atoms with E-state index in [1.165, 1.54) is 35.6 Å². The monoisotopic (exact) mass is 573 g/mol. The highest BCUT2D eigenvalue weighted by Crippen LogP contribution is 2.38. The number of nitrogens with zero attached hydrogens (tertiary/aromatic N) is 1. The first-order valence-corrected chi connectivity index (χ1v) is 13.8. The quantitative estimate of drug-likeness (QED) is 0.170. The zero-order valence-electron chi connectivity index (χ0n) is 20.7. The minimum absolute atomic E-state index is 0.0262. The van der Waals surface area contributed by atoms with Crippen LogP contribution < -0.4 is 0 Å². The average Bonchev–Trinajstić information content (AvgIpc) is 3.28. The molecule has 0 N–H and O–H groups in total. The lowest BCUT2D eigenvalue weighted by Gasteiger charge is -2.34. The van der Waals surface area contributed by atoms with E-state index in [0.29, 0.717) is 26.6 Å². The van der Waals surface area contributed by atoms with Gasteiger partial charge in [0.25, 0.3) is 11.7 Å². The van der Waals surface area contributed by atoms with Gasteiger partial charge in [-0.3, -0.25) is 9.59 Å². The summed E-state index contributed by atoms with van der Waals surface area (Å²) in [5.74, 6) is -2.65. The number of carbonyl (C=O) groups is 2. The number of Topliss-reactive ketones (excluding diaryl/α,β-unsaturated/α-hetero) is 1. The fraction of sp³-hybridized carbons (Fsp3) is 0.267. The SMILES string of the molecule is O=C(c1sc2ccccc2c1Cl)N(Cc1cc(-c2ccc(C(=O)C(F)(F)F)cc2)ccc1F)C1CCCCC1. The molecule has 3 nitrogen and oxygen atoms in total. The second kappa shape index (κ2) is 11.1. The summed E-state index contributed by atoms with van der Waals surface area (Å²) in [7, 11) is 0. The van der Waals surface area contributed by atoms with Crippen molar-refractivity contribution in [2.75, 3.05) is 0 Å². The van der Waals surface area contributed by atoms with Crippen molar-refractivity contribution < 1.29 is 27.2 Å². The van der Waals surface area contributed by atoms with Crippen LogP contribution in [0.15, 0.2) is 66.7 Å². The zero-order chi connectivity index (χ0) is 27.7. The van der Waals surface area contributed by atoms with Gasteiger partial charge in [0.15, 0.2) is 0 Å². The number of hydrogen-bond acceptors (Lipinski definition) is 3. The molecule has 39 heavy (non-hydrogen) atoms. The molecule has 1 heterocycles. The molecule has 9 heteroatoms. The van der Waals surface area contributed by atoms with Crippen LogP contribution in [0.1, 0.15) is 57.7 Å². The molecule has 0 unspecified atom stereocenters. The fourth-order valence-corrected chi connectivity index (χ4v) is 6.55. The van der Waals surface area contributed by atoms with E-state index in [9.17, 15) is 22.8 Å². The number of rotatable bonds is 6. The van der Waals surface area contributed by atoms with Crippen molar-refractivity contribution in [3.05, 3.63) is 93.6 Å². The van der Waals surface area contributed by atoms with Gasteiger partial charge in [-0.1, -0.05) is 79.4 Å². The normalized spacial score (nSPS) is 14.5. The highest BCUT2D eigenvalue weighted by molar-refractivity contribution is 7.21.